The summed E-state index contributed by atoms with van der Waals surface area (Å²) in [4.78, 5) is 53.8. The average Bonchev–Trinajstić information content (AvgIpc) is 2.91. The number of carbonyl (C=O) groups is 3. The van der Waals surface area contributed by atoms with Gasteiger partial charge < -0.3 is 31.9 Å². The minimum absolute atomic E-state index is 0.00782. The molecule has 2 aromatic heterocycles. The van der Waals surface area contributed by atoms with E-state index in [9.17, 15) is 19.5 Å². The Hall–Kier alpha value is -5.33. The molecule has 0 spiro atoms. The lowest BCUT2D eigenvalue weighted by molar-refractivity contribution is -0.140. The Morgan fingerprint density at radius 1 is 0.923 bits per heavy atom. The molecule has 0 fully saturated rings. The molecule has 0 radical (unpaired) electrons. The van der Waals surface area contributed by atoms with Crippen LogP contribution in [0.15, 0.2) is 60.8 Å². The smallest absolute Gasteiger partial charge is 0.326 e. The summed E-state index contributed by atoms with van der Waals surface area (Å²) >= 11 is 0. The van der Waals surface area contributed by atoms with E-state index in [4.69, 9.17) is 16.6 Å². The zero-order valence-corrected chi connectivity index (χ0v) is 20.7. The Bertz CT molecular complexity index is 1500. The van der Waals surface area contributed by atoms with Gasteiger partial charge in [0.15, 0.2) is 17.0 Å². The molecule has 13 heteroatoms. The molecule has 7 N–H and O–H groups in total. The fourth-order valence-corrected chi connectivity index (χ4v) is 3.89. The van der Waals surface area contributed by atoms with E-state index in [0.29, 0.717) is 24.3 Å². The second kappa shape index (κ2) is 11.8. The number of nitrogens with zero attached hydrogens (tertiary/aromatic N) is 5. The van der Waals surface area contributed by atoms with E-state index in [-0.39, 0.29) is 35.8 Å². The SMILES string of the molecule is Nc1nc(N)c2nc(CN(Cc3ccccc3)c3ccc(C(=O)N[C@@H](CCC(=O)O)C(=O)O)cc3)cnc2n1. The van der Waals surface area contributed by atoms with Crippen molar-refractivity contribution in [3.05, 3.63) is 77.6 Å². The second-order valence-electron chi connectivity index (χ2n) is 8.69. The van der Waals surface area contributed by atoms with E-state index in [0.717, 1.165) is 11.3 Å². The van der Waals surface area contributed by atoms with Gasteiger partial charge in [-0.2, -0.15) is 9.97 Å². The van der Waals surface area contributed by atoms with E-state index in [1.807, 2.05) is 35.2 Å². The zero-order chi connectivity index (χ0) is 27.9. The Morgan fingerprint density at radius 2 is 1.64 bits per heavy atom. The number of anilines is 3. The van der Waals surface area contributed by atoms with Gasteiger partial charge in [0.1, 0.15) is 6.04 Å². The number of nitrogens with two attached hydrogens (primary N) is 2. The Balaban J connectivity index is 1.57. The summed E-state index contributed by atoms with van der Waals surface area (Å²) in [5, 5.41) is 20.5. The van der Waals surface area contributed by atoms with Crippen LogP contribution in [0.3, 0.4) is 0 Å². The number of fused-ring (bicyclic) bond motifs is 1. The van der Waals surface area contributed by atoms with Crippen LogP contribution in [0.5, 0.6) is 0 Å². The molecule has 0 saturated carbocycles. The maximum absolute atomic E-state index is 12.7. The number of hydrogen-bond donors (Lipinski definition) is 5. The Kier molecular flexibility index (Phi) is 8.09. The summed E-state index contributed by atoms with van der Waals surface area (Å²) in [6.45, 7) is 0.847. The second-order valence-corrected chi connectivity index (χ2v) is 8.69. The van der Waals surface area contributed by atoms with Gasteiger partial charge in [0.2, 0.25) is 5.95 Å². The summed E-state index contributed by atoms with van der Waals surface area (Å²) in [6.07, 6.45) is 0.971. The predicted molar refractivity (Wildman–Crippen MR) is 142 cm³/mol. The fraction of sp³-hybridized carbons (Fsp3) is 0.192. The van der Waals surface area contributed by atoms with Crippen LogP contribution < -0.4 is 21.7 Å². The maximum Gasteiger partial charge on any atom is 0.326 e. The number of nitrogens with one attached hydrogen (secondary N) is 1. The standard InChI is InChI=1S/C26H26N8O5/c27-22-21-23(33-26(28)32-22)29-12-17(30-21)14-34(13-15-4-2-1-3-5-15)18-8-6-16(7-9-18)24(37)31-19(25(38)39)10-11-20(35)36/h1-9,12,19H,10-11,13-14H2,(H,31,37)(H,35,36)(H,38,39)(H4,27,28,29,32,33)/t19-/m0/s1. The molecule has 2 heterocycles. The minimum atomic E-state index is -1.32. The van der Waals surface area contributed by atoms with Gasteiger partial charge in [0.25, 0.3) is 5.91 Å². The van der Waals surface area contributed by atoms with Crippen molar-refractivity contribution in [3.63, 3.8) is 0 Å². The molecule has 0 aliphatic heterocycles. The minimum Gasteiger partial charge on any atom is -0.481 e. The largest absolute Gasteiger partial charge is 0.481 e. The van der Waals surface area contributed by atoms with E-state index >= 15 is 0 Å². The van der Waals surface area contributed by atoms with Crippen LogP contribution in [0, 0.1) is 0 Å². The number of benzene rings is 2. The highest BCUT2D eigenvalue weighted by Gasteiger charge is 2.22. The molecule has 0 aliphatic rings. The van der Waals surface area contributed by atoms with E-state index in [2.05, 4.69) is 25.3 Å². The number of amides is 1. The number of carboxylic acids is 2. The topological polar surface area (TPSA) is 211 Å². The third kappa shape index (κ3) is 6.91. The van der Waals surface area contributed by atoms with Crippen molar-refractivity contribution in [2.75, 3.05) is 16.4 Å². The van der Waals surface area contributed by atoms with E-state index in [1.54, 1.807) is 30.5 Å². The van der Waals surface area contributed by atoms with Crippen molar-refractivity contribution in [3.8, 4) is 0 Å². The number of rotatable bonds is 11. The number of carbonyl (C=O) groups excluding carboxylic acids is 1. The molecule has 39 heavy (non-hydrogen) atoms. The lowest BCUT2D eigenvalue weighted by Gasteiger charge is -2.25. The number of aliphatic carboxylic acids is 2. The van der Waals surface area contributed by atoms with Crippen molar-refractivity contribution >= 4 is 46.5 Å². The summed E-state index contributed by atoms with van der Waals surface area (Å²) in [6, 6.07) is 15.0. The van der Waals surface area contributed by atoms with Gasteiger partial charge in [-0.05, 0) is 36.2 Å². The molecule has 1 amide bonds. The Morgan fingerprint density at radius 3 is 2.31 bits per heavy atom. The number of nitrogen functional groups attached to an aromatic ring is 2. The van der Waals surface area contributed by atoms with Crippen molar-refractivity contribution in [1.29, 1.82) is 0 Å². The van der Waals surface area contributed by atoms with Crippen LogP contribution in [0.2, 0.25) is 0 Å². The fourth-order valence-electron chi connectivity index (χ4n) is 3.89. The first-order valence-corrected chi connectivity index (χ1v) is 11.9. The normalized spacial score (nSPS) is 11.6. The average molecular weight is 531 g/mol. The van der Waals surface area contributed by atoms with Gasteiger partial charge in [0, 0.05) is 24.2 Å². The van der Waals surface area contributed by atoms with E-state index in [1.165, 1.54) is 0 Å². The van der Waals surface area contributed by atoms with Crippen LogP contribution in [0.25, 0.3) is 11.2 Å². The van der Waals surface area contributed by atoms with Gasteiger partial charge in [-0.1, -0.05) is 30.3 Å². The Labute approximate surface area is 222 Å². The highest BCUT2D eigenvalue weighted by atomic mass is 16.4. The molecule has 0 bridgehead atoms. The van der Waals surface area contributed by atoms with Gasteiger partial charge in [-0.15, -0.1) is 0 Å². The lowest BCUT2D eigenvalue weighted by atomic mass is 10.1. The van der Waals surface area contributed by atoms with Crippen LogP contribution in [-0.4, -0.2) is 54.0 Å². The van der Waals surface area contributed by atoms with E-state index < -0.39 is 23.9 Å². The molecule has 4 aromatic rings. The number of carboxylic acid groups (broad SMARTS) is 2. The molecule has 4 rings (SSSR count). The molecule has 0 unspecified atom stereocenters. The quantitative estimate of drug-likeness (QED) is 0.188. The van der Waals surface area contributed by atoms with Gasteiger partial charge in [-0.3, -0.25) is 9.59 Å². The van der Waals surface area contributed by atoms with Crippen LogP contribution >= 0.6 is 0 Å². The lowest BCUT2D eigenvalue weighted by Crippen LogP contribution is -2.41. The maximum atomic E-state index is 12.7. The van der Waals surface area contributed by atoms with Gasteiger partial charge in [-0.25, -0.2) is 14.8 Å². The van der Waals surface area contributed by atoms with Crippen LogP contribution in [0.4, 0.5) is 17.5 Å². The third-order valence-corrected chi connectivity index (χ3v) is 5.82. The van der Waals surface area contributed by atoms with Crippen molar-refractivity contribution in [2.45, 2.75) is 32.0 Å². The summed E-state index contributed by atoms with van der Waals surface area (Å²) in [7, 11) is 0. The van der Waals surface area contributed by atoms with Crippen LogP contribution in [0.1, 0.15) is 34.5 Å². The summed E-state index contributed by atoms with van der Waals surface area (Å²) in [5.41, 5.74) is 14.9. The number of hydrogen-bond acceptors (Lipinski definition) is 10. The molecule has 1 atom stereocenters. The first kappa shape index (κ1) is 26.7. The molecular weight excluding hydrogens is 504 g/mol. The van der Waals surface area contributed by atoms with Crippen molar-refractivity contribution in [1.82, 2.24) is 25.3 Å². The van der Waals surface area contributed by atoms with Gasteiger partial charge in [0.05, 0.1) is 18.4 Å². The zero-order valence-electron chi connectivity index (χ0n) is 20.7. The molecule has 0 aliphatic carbocycles. The first-order chi connectivity index (χ1) is 18.7. The summed E-state index contributed by atoms with van der Waals surface area (Å²) < 4.78 is 0. The molecule has 13 nitrogen and oxygen atoms in total. The predicted octanol–water partition coefficient (Wildman–Crippen LogP) is 1.84. The third-order valence-electron chi connectivity index (χ3n) is 5.82. The molecule has 0 saturated heterocycles. The molecule has 200 valence electrons. The van der Waals surface area contributed by atoms with Crippen LogP contribution in [-0.2, 0) is 22.7 Å². The highest BCUT2D eigenvalue weighted by molar-refractivity contribution is 5.97. The highest BCUT2D eigenvalue weighted by Crippen LogP contribution is 2.22. The molecule has 2 aromatic carbocycles. The van der Waals surface area contributed by atoms with Crippen molar-refractivity contribution < 1.29 is 24.6 Å². The summed E-state index contributed by atoms with van der Waals surface area (Å²) in [5.74, 6) is -2.94. The monoisotopic (exact) mass is 530 g/mol. The number of aromatic nitrogens is 4. The van der Waals surface area contributed by atoms with Crippen molar-refractivity contribution in [2.24, 2.45) is 0 Å². The van der Waals surface area contributed by atoms with Gasteiger partial charge >= 0.3 is 11.9 Å². The first-order valence-electron chi connectivity index (χ1n) is 11.9. The molecular formula is C26H26N8O5.